The van der Waals surface area contributed by atoms with Crippen LogP contribution in [-0.4, -0.2) is 44.7 Å². The summed E-state index contributed by atoms with van der Waals surface area (Å²) in [7, 11) is 1.60. The van der Waals surface area contributed by atoms with Crippen LogP contribution in [0.4, 0.5) is 0 Å². The average Bonchev–Trinajstić information content (AvgIpc) is 3.25. The van der Waals surface area contributed by atoms with Gasteiger partial charge >= 0.3 is 0 Å². The summed E-state index contributed by atoms with van der Waals surface area (Å²) in [5, 5.41) is 8.89. The summed E-state index contributed by atoms with van der Waals surface area (Å²) in [4.78, 5) is 0. The smallest absolute Gasteiger partial charge is 0.165 e. The first-order valence-electron chi connectivity index (χ1n) is 5.49. The highest BCUT2D eigenvalue weighted by Gasteiger charge is 2.20. The number of ether oxygens (including phenoxy) is 4. The van der Waals surface area contributed by atoms with Gasteiger partial charge in [-0.2, -0.15) is 0 Å². The number of rotatable bonds is 2. The van der Waals surface area contributed by atoms with E-state index in [-0.39, 0.29) is 12.7 Å². The standard InChI is InChI=1S/C10H12O4.C2H4O/c1-12-7-2-3-9-10(4-7)13-6-8(5-11)14-9;1-2-3-1/h2-4,8,11H,5-6H2,1H3;1-2H2. The van der Waals surface area contributed by atoms with Gasteiger partial charge in [-0.1, -0.05) is 0 Å². The Bertz CT molecular complexity index is 361. The van der Waals surface area contributed by atoms with Crippen LogP contribution in [0.15, 0.2) is 18.2 Å². The van der Waals surface area contributed by atoms with Crippen molar-refractivity contribution in [2.75, 3.05) is 33.5 Å². The number of methoxy groups -OCH3 is 1. The Balaban J connectivity index is 0.000000313. The second-order valence-corrected chi connectivity index (χ2v) is 3.66. The largest absolute Gasteiger partial charge is 0.497 e. The van der Waals surface area contributed by atoms with Crippen molar-refractivity contribution in [3.8, 4) is 17.2 Å². The van der Waals surface area contributed by atoms with E-state index in [4.69, 9.17) is 19.3 Å². The maximum Gasteiger partial charge on any atom is 0.165 e. The molecule has 0 aromatic heterocycles. The topological polar surface area (TPSA) is 60.5 Å². The predicted octanol–water partition coefficient (Wildman–Crippen LogP) is 0.844. The fraction of sp³-hybridized carbons (Fsp3) is 0.500. The van der Waals surface area contributed by atoms with E-state index in [1.807, 2.05) is 0 Å². The van der Waals surface area contributed by atoms with E-state index in [0.29, 0.717) is 18.1 Å². The molecule has 0 saturated carbocycles. The Morgan fingerprint density at radius 3 is 2.71 bits per heavy atom. The van der Waals surface area contributed by atoms with Crippen LogP contribution in [0.1, 0.15) is 0 Å². The molecule has 5 nitrogen and oxygen atoms in total. The Morgan fingerprint density at radius 2 is 2.12 bits per heavy atom. The molecule has 3 rings (SSSR count). The monoisotopic (exact) mass is 240 g/mol. The van der Waals surface area contributed by atoms with Gasteiger partial charge < -0.3 is 24.1 Å². The molecule has 17 heavy (non-hydrogen) atoms. The van der Waals surface area contributed by atoms with Crippen molar-refractivity contribution in [1.82, 2.24) is 0 Å². The molecule has 0 amide bonds. The van der Waals surface area contributed by atoms with Gasteiger partial charge in [-0.15, -0.1) is 0 Å². The fourth-order valence-electron chi connectivity index (χ4n) is 1.31. The van der Waals surface area contributed by atoms with E-state index < -0.39 is 0 Å². The number of aliphatic hydroxyl groups excluding tert-OH is 1. The minimum absolute atomic E-state index is 0.0362. The molecule has 94 valence electrons. The van der Waals surface area contributed by atoms with Gasteiger partial charge in [-0.25, -0.2) is 0 Å². The first-order chi connectivity index (χ1) is 8.33. The highest BCUT2D eigenvalue weighted by molar-refractivity contribution is 5.46. The first kappa shape index (κ1) is 12.0. The van der Waals surface area contributed by atoms with Crippen LogP contribution >= 0.6 is 0 Å². The minimum Gasteiger partial charge on any atom is -0.497 e. The van der Waals surface area contributed by atoms with Crippen LogP contribution in [0.5, 0.6) is 17.2 Å². The maximum atomic E-state index is 8.89. The molecule has 1 aromatic carbocycles. The van der Waals surface area contributed by atoms with Crippen LogP contribution < -0.4 is 14.2 Å². The summed E-state index contributed by atoms with van der Waals surface area (Å²) < 4.78 is 20.4. The van der Waals surface area contributed by atoms with Crippen molar-refractivity contribution < 1.29 is 24.1 Å². The normalized spacial score (nSPS) is 20.0. The fourth-order valence-corrected chi connectivity index (χ4v) is 1.31. The lowest BCUT2D eigenvalue weighted by Crippen LogP contribution is -2.32. The number of hydrogen-bond acceptors (Lipinski definition) is 5. The van der Waals surface area contributed by atoms with Gasteiger partial charge in [0.2, 0.25) is 0 Å². The van der Waals surface area contributed by atoms with Gasteiger partial charge in [0.1, 0.15) is 12.4 Å². The molecule has 0 spiro atoms. The Morgan fingerprint density at radius 1 is 1.35 bits per heavy atom. The van der Waals surface area contributed by atoms with Gasteiger partial charge in [-0.3, -0.25) is 0 Å². The van der Waals surface area contributed by atoms with E-state index in [1.165, 1.54) is 0 Å². The van der Waals surface area contributed by atoms with Crippen molar-refractivity contribution >= 4 is 0 Å². The van der Waals surface area contributed by atoms with Gasteiger partial charge in [0, 0.05) is 6.07 Å². The quantitative estimate of drug-likeness (QED) is 0.776. The molecule has 1 aromatic rings. The highest BCUT2D eigenvalue weighted by atomic mass is 16.6. The Kier molecular flexibility index (Phi) is 4.06. The summed E-state index contributed by atoms with van der Waals surface area (Å²) in [5.74, 6) is 2.04. The van der Waals surface area contributed by atoms with Gasteiger partial charge in [-0.05, 0) is 12.1 Å². The van der Waals surface area contributed by atoms with Gasteiger partial charge in [0.15, 0.2) is 17.6 Å². The summed E-state index contributed by atoms with van der Waals surface area (Å²) in [5.41, 5.74) is 0. The second-order valence-electron chi connectivity index (χ2n) is 3.66. The zero-order valence-electron chi connectivity index (χ0n) is 9.72. The van der Waals surface area contributed by atoms with Crippen LogP contribution in [-0.2, 0) is 4.74 Å². The zero-order chi connectivity index (χ0) is 12.1. The molecule has 5 heteroatoms. The van der Waals surface area contributed by atoms with E-state index >= 15 is 0 Å². The molecule has 2 aliphatic heterocycles. The molecular weight excluding hydrogens is 224 g/mol. The Hall–Kier alpha value is -1.46. The summed E-state index contributed by atoms with van der Waals surface area (Å²) in [6, 6.07) is 5.33. The van der Waals surface area contributed by atoms with Crippen molar-refractivity contribution in [1.29, 1.82) is 0 Å². The van der Waals surface area contributed by atoms with E-state index in [9.17, 15) is 0 Å². The SMILES string of the molecule is C1CO1.COc1ccc2c(c1)OCC(CO)O2. The van der Waals surface area contributed by atoms with E-state index in [2.05, 4.69) is 4.74 Å². The molecule has 0 radical (unpaired) electrons. The number of fused-ring (bicyclic) bond motifs is 1. The molecule has 1 atom stereocenters. The van der Waals surface area contributed by atoms with Gasteiger partial charge in [0.25, 0.3) is 0 Å². The van der Waals surface area contributed by atoms with Crippen LogP contribution in [0.2, 0.25) is 0 Å². The molecule has 0 bridgehead atoms. The van der Waals surface area contributed by atoms with Crippen LogP contribution in [0, 0.1) is 0 Å². The molecule has 2 aliphatic rings. The molecule has 2 heterocycles. The number of epoxide rings is 1. The summed E-state index contributed by atoms with van der Waals surface area (Å²) >= 11 is 0. The highest BCUT2D eigenvalue weighted by Crippen LogP contribution is 2.34. The predicted molar refractivity (Wildman–Crippen MR) is 60.8 cm³/mol. The third kappa shape index (κ3) is 3.51. The molecular formula is C12H16O5. The second kappa shape index (κ2) is 5.75. The first-order valence-corrected chi connectivity index (χ1v) is 5.49. The number of benzene rings is 1. The molecule has 1 N–H and O–H groups in total. The van der Waals surface area contributed by atoms with Crippen molar-refractivity contribution in [2.24, 2.45) is 0 Å². The molecule has 0 aliphatic carbocycles. The van der Waals surface area contributed by atoms with Crippen molar-refractivity contribution in [3.05, 3.63) is 18.2 Å². The minimum atomic E-state index is -0.268. The summed E-state index contributed by atoms with van der Waals surface area (Å²) in [6.07, 6.45) is -0.268. The van der Waals surface area contributed by atoms with Crippen molar-refractivity contribution in [3.63, 3.8) is 0 Å². The lowest BCUT2D eigenvalue weighted by Gasteiger charge is -2.25. The number of aliphatic hydroxyl groups is 1. The van der Waals surface area contributed by atoms with E-state index in [0.717, 1.165) is 19.0 Å². The lowest BCUT2D eigenvalue weighted by atomic mass is 10.2. The molecule has 1 fully saturated rings. The third-order valence-electron chi connectivity index (χ3n) is 2.28. The maximum absolute atomic E-state index is 8.89. The molecule has 1 unspecified atom stereocenters. The van der Waals surface area contributed by atoms with Crippen LogP contribution in [0.3, 0.4) is 0 Å². The summed E-state index contributed by atoms with van der Waals surface area (Å²) in [6.45, 7) is 2.34. The van der Waals surface area contributed by atoms with Crippen LogP contribution in [0.25, 0.3) is 0 Å². The lowest BCUT2D eigenvalue weighted by molar-refractivity contribution is 0.0454. The van der Waals surface area contributed by atoms with Crippen molar-refractivity contribution in [2.45, 2.75) is 6.10 Å². The third-order valence-corrected chi connectivity index (χ3v) is 2.28. The Labute approximate surface area is 99.9 Å². The molecule has 1 saturated heterocycles. The zero-order valence-corrected chi connectivity index (χ0v) is 9.72. The van der Waals surface area contributed by atoms with E-state index in [1.54, 1.807) is 25.3 Å². The average molecular weight is 240 g/mol. The van der Waals surface area contributed by atoms with Gasteiger partial charge in [0.05, 0.1) is 26.9 Å². The number of hydrogen-bond donors (Lipinski definition) is 1.